The number of fused-ring (bicyclic) bond motifs is 1. The molecule has 5 nitrogen and oxygen atoms in total. The van der Waals surface area contributed by atoms with E-state index in [1.807, 2.05) is 53.3 Å². The quantitative estimate of drug-likeness (QED) is 0.782. The van der Waals surface area contributed by atoms with Crippen LogP contribution in [0.25, 0.3) is 0 Å². The van der Waals surface area contributed by atoms with E-state index < -0.39 is 0 Å². The number of nitrogens with one attached hydrogen (secondary N) is 2. The molecule has 3 aromatic rings. The fourth-order valence-corrected chi connectivity index (χ4v) is 2.76. The predicted octanol–water partition coefficient (Wildman–Crippen LogP) is 2.79. The van der Waals surface area contributed by atoms with Crippen molar-refractivity contribution < 1.29 is 4.79 Å². The number of carbonyl (C=O) groups excluding carboxylic acids is 1. The molecule has 0 fully saturated rings. The monoisotopic (exact) mass is 304 g/mol. The van der Waals surface area contributed by atoms with Crippen LogP contribution in [0.3, 0.4) is 0 Å². The minimum Gasteiger partial charge on any atom is -0.361 e. The van der Waals surface area contributed by atoms with Crippen LogP contribution < -0.4 is 10.6 Å². The molecule has 4 rings (SSSR count). The Balaban J connectivity index is 1.55. The topological polar surface area (TPSA) is 59.0 Å². The lowest BCUT2D eigenvalue weighted by molar-refractivity contribution is 0.0935. The lowest BCUT2D eigenvalue weighted by Crippen LogP contribution is -2.38. The minimum atomic E-state index is -0.262. The molecule has 1 aliphatic heterocycles. The summed E-state index contributed by atoms with van der Waals surface area (Å²) >= 11 is 0. The predicted molar refractivity (Wildman–Crippen MR) is 88.0 cm³/mol. The van der Waals surface area contributed by atoms with Crippen LogP contribution in [0.5, 0.6) is 0 Å². The van der Waals surface area contributed by atoms with E-state index in [4.69, 9.17) is 0 Å². The summed E-state index contributed by atoms with van der Waals surface area (Å²) in [6, 6.07) is 17.7. The molecule has 5 heteroatoms. The molecule has 1 atom stereocenters. The first kappa shape index (κ1) is 13.6. The van der Waals surface area contributed by atoms with Gasteiger partial charge in [-0.2, -0.15) is 5.10 Å². The van der Waals surface area contributed by atoms with E-state index in [1.165, 1.54) is 5.56 Å². The van der Waals surface area contributed by atoms with Crippen LogP contribution in [0.2, 0.25) is 0 Å². The van der Waals surface area contributed by atoms with Crippen LogP contribution in [0, 0.1) is 0 Å². The number of hydrogen-bond acceptors (Lipinski definition) is 3. The molecule has 1 amide bonds. The van der Waals surface area contributed by atoms with Gasteiger partial charge in [-0.1, -0.05) is 42.5 Å². The van der Waals surface area contributed by atoms with E-state index in [0.29, 0.717) is 12.1 Å². The van der Waals surface area contributed by atoms with Crippen LogP contribution in [0.4, 0.5) is 5.69 Å². The van der Waals surface area contributed by atoms with Crippen molar-refractivity contribution in [3.63, 3.8) is 0 Å². The Morgan fingerprint density at radius 2 is 1.78 bits per heavy atom. The van der Waals surface area contributed by atoms with Crippen LogP contribution >= 0.6 is 0 Å². The van der Waals surface area contributed by atoms with E-state index in [9.17, 15) is 4.79 Å². The highest BCUT2D eigenvalue weighted by Gasteiger charge is 2.24. The summed E-state index contributed by atoms with van der Waals surface area (Å²) in [6.45, 7) is 0.706. The summed E-state index contributed by atoms with van der Waals surface area (Å²) in [4.78, 5) is 12.2. The van der Waals surface area contributed by atoms with Gasteiger partial charge in [0.1, 0.15) is 6.17 Å². The zero-order valence-electron chi connectivity index (χ0n) is 12.4. The van der Waals surface area contributed by atoms with Gasteiger partial charge >= 0.3 is 0 Å². The van der Waals surface area contributed by atoms with Crippen molar-refractivity contribution in [3.05, 3.63) is 83.7 Å². The second-order valence-corrected chi connectivity index (χ2v) is 5.55. The summed E-state index contributed by atoms with van der Waals surface area (Å²) in [7, 11) is 0. The molecule has 2 aromatic carbocycles. The fraction of sp³-hybridized carbons (Fsp3) is 0.111. The number of nitrogens with zero attached hydrogens (tertiary/aromatic N) is 2. The maximum absolute atomic E-state index is 12.2. The summed E-state index contributed by atoms with van der Waals surface area (Å²) in [5.41, 5.74) is 3.63. The summed E-state index contributed by atoms with van der Waals surface area (Å²) < 4.78 is 1.87. The molecule has 1 aromatic heterocycles. The molecule has 1 aliphatic rings. The van der Waals surface area contributed by atoms with Crippen molar-refractivity contribution in [3.8, 4) is 0 Å². The molecule has 114 valence electrons. The molecule has 2 N–H and O–H groups in total. The normalized spacial score (nSPS) is 16.3. The highest BCUT2D eigenvalue weighted by Crippen LogP contribution is 2.25. The van der Waals surface area contributed by atoms with E-state index >= 15 is 0 Å². The van der Waals surface area contributed by atoms with Crippen molar-refractivity contribution in [2.75, 3.05) is 5.32 Å². The second-order valence-electron chi connectivity index (χ2n) is 5.55. The first-order valence-corrected chi connectivity index (χ1v) is 7.52. The Kier molecular flexibility index (Phi) is 3.31. The van der Waals surface area contributed by atoms with Gasteiger partial charge in [-0.25, -0.2) is 0 Å². The third kappa shape index (κ3) is 2.68. The largest absolute Gasteiger partial charge is 0.361 e. The number of benzene rings is 2. The van der Waals surface area contributed by atoms with Crippen molar-refractivity contribution in [2.24, 2.45) is 0 Å². The van der Waals surface area contributed by atoms with E-state index in [0.717, 1.165) is 11.3 Å². The van der Waals surface area contributed by atoms with Crippen molar-refractivity contribution in [2.45, 2.75) is 12.7 Å². The molecule has 0 saturated heterocycles. The number of amides is 1. The van der Waals surface area contributed by atoms with Gasteiger partial charge < -0.3 is 10.6 Å². The number of rotatable bonds is 3. The maximum atomic E-state index is 12.2. The van der Waals surface area contributed by atoms with Crippen molar-refractivity contribution in [1.29, 1.82) is 0 Å². The maximum Gasteiger partial charge on any atom is 0.255 e. The van der Waals surface area contributed by atoms with Gasteiger partial charge in [-0.15, -0.1) is 0 Å². The average Bonchev–Trinajstić information content (AvgIpc) is 3.04. The van der Waals surface area contributed by atoms with Gasteiger partial charge in [-0.3, -0.25) is 9.48 Å². The van der Waals surface area contributed by atoms with Crippen molar-refractivity contribution in [1.82, 2.24) is 15.1 Å². The lowest BCUT2D eigenvalue weighted by atomic mass is 10.1. The molecule has 0 radical (unpaired) electrons. The SMILES string of the molecule is O=C1NC(c2cnn(Cc3ccccc3)c2)Nc2ccccc21. The summed E-state index contributed by atoms with van der Waals surface area (Å²) in [5.74, 6) is -0.0693. The Bertz CT molecular complexity index is 841. The van der Waals surface area contributed by atoms with Gasteiger partial charge in [0.2, 0.25) is 0 Å². The molecule has 0 saturated carbocycles. The Morgan fingerprint density at radius 3 is 2.65 bits per heavy atom. The molecular formula is C18H16N4O. The molecule has 1 unspecified atom stereocenters. The zero-order chi connectivity index (χ0) is 15.6. The highest BCUT2D eigenvalue weighted by atomic mass is 16.2. The highest BCUT2D eigenvalue weighted by molar-refractivity contribution is 6.01. The van der Waals surface area contributed by atoms with E-state index in [1.54, 1.807) is 6.20 Å². The smallest absolute Gasteiger partial charge is 0.255 e. The number of hydrogen-bond donors (Lipinski definition) is 2. The van der Waals surface area contributed by atoms with E-state index in [-0.39, 0.29) is 12.1 Å². The fourth-order valence-electron chi connectivity index (χ4n) is 2.76. The molecule has 2 heterocycles. The van der Waals surface area contributed by atoms with E-state index in [2.05, 4.69) is 27.9 Å². The van der Waals surface area contributed by atoms with Crippen LogP contribution in [0.1, 0.15) is 27.7 Å². The third-order valence-electron chi connectivity index (χ3n) is 3.92. The minimum absolute atomic E-state index is 0.0693. The first-order valence-electron chi connectivity index (χ1n) is 7.52. The van der Waals surface area contributed by atoms with Gasteiger partial charge in [0.15, 0.2) is 0 Å². The molecule has 0 spiro atoms. The standard InChI is InChI=1S/C18H16N4O/c23-18-15-8-4-5-9-16(15)20-17(21-18)14-10-19-22(12-14)11-13-6-2-1-3-7-13/h1-10,12,17,20H,11H2,(H,21,23). The molecule has 0 bridgehead atoms. The Morgan fingerprint density at radius 1 is 1.00 bits per heavy atom. The third-order valence-corrected chi connectivity index (χ3v) is 3.92. The number of para-hydroxylation sites is 1. The lowest BCUT2D eigenvalue weighted by Gasteiger charge is -2.26. The molecule has 23 heavy (non-hydrogen) atoms. The van der Waals surface area contributed by atoms with Gasteiger partial charge in [0.25, 0.3) is 5.91 Å². The first-order chi connectivity index (χ1) is 11.3. The Labute approximate surface area is 134 Å². The van der Waals surface area contributed by atoms with Crippen LogP contribution in [0.15, 0.2) is 67.0 Å². The van der Waals surface area contributed by atoms with Gasteiger partial charge in [0, 0.05) is 17.4 Å². The number of carbonyl (C=O) groups is 1. The summed E-state index contributed by atoms with van der Waals surface area (Å²) in [6.07, 6.45) is 3.48. The second kappa shape index (κ2) is 5.61. The van der Waals surface area contributed by atoms with Crippen LogP contribution in [-0.2, 0) is 6.54 Å². The van der Waals surface area contributed by atoms with Gasteiger partial charge in [-0.05, 0) is 17.7 Å². The zero-order valence-corrected chi connectivity index (χ0v) is 12.4. The molecule has 0 aliphatic carbocycles. The number of aromatic nitrogens is 2. The average molecular weight is 304 g/mol. The molecular weight excluding hydrogens is 288 g/mol. The summed E-state index contributed by atoms with van der Waals surface area (Å²) in [5, 5.41) is 10.7. The number of anilines is 1. The Hall–Kier alpha value is -3.08. The van der Waals surface area contributed by atoms with Crippen molar-refractivity contribution >= 4 is 11.6 Å². The van der Waals surface area contributed by atoms with Gasteiger partial charge in [0.05, 0.1) is 18.3 Å². The van der Waals surface area contributed by atoms with Crippen LogP contribution in [-0.4, -0.2) is 15.7 Å².